The van der Waals surface area contributed by atoms with Gasteiger partial charge in [0.05, 0.1) is 37.8 Å². The number of carbonyl (C=O) groups excluding carboxylic acids is 1. The summed E-state index contributed by atoms with van der Waals surface area (Å²) in [4.78, 5) is 14.9. The summed E-state index contributed by atoms with van der Waals surface area (Å²) in [6.45, 7) is 12.2. The van der Waals surface area contributed by atoms with Crippen LogP contribution in [0.4, 0.5) is 11.4 Å². The van der Waals surface area contributed by atoms with Crippen molar-refractivity contribution in [2.75, 3.05) is 49.7 Å². The first-order valence-electron chi connectivity index (χ1n) is 11.4. The van der Waals surface area contributed by atoms with Gasteiger partial charge in [0.15, 0.2) is 0 Å². The van der Waals surface area contributed by atoms with Crippen molar-refractivity contribution >= 4 is 23.4 Å². The monoisotopic (exact) mass is 438 g/mol. The van der Waals surface area contributed by atoms with Crippen LogP contribution in [0.5, 0.6) is 11.5 Å². The lowest BCUT2D eigenvalue weighted by molar-refractivity contribution is -0.111. The fraction of sp³-hybridized carbons (Fsp3) is 0.423. The van der Waals surface area contributed by atoms with E-state index >= 15 is 0 Å². The molecule has 0 radical (unpaired) electrons. The molecule has 1 amide bonds. The fourth-order valence-corrected chi connectivity index (χ4v) is 3.58. The minimum absolute atomic E-state index is 0.222. The van der Waals surface area contributed by atoms with Gasteiger partial charge in [-0.2, -0.15) is 0 Å². The maximum absolute atomic E-state index is 12.7. The molecule has 0 spiro atoms. The lowest BCUT2D eigenvalue weighted by atomic mass is 10.0. The quantitative estimate of drug-likeness (QED) is 0.552. The highest BCUT2D eigenvalue weighted by molar-refractivity contribution is 6.03. The van der Waals surface area contributed by atoms with Crippen LogP contribution in [0.2, 0.25) is 0 Å². The summed E-state index contributed by atoms with van der Waals surface area (Å²) in [5.74, 6) is 1.61. The molecule has 0 unspecified atom stereocenters. The molecule has 1 fully saturated rings. The van der Waals surface area contributed by atoms with Gasteiger partial charge in [-0.15, -0.1) is 0 Å². The van der Waals surface area contributed by atoms with Gasteiger partial charge in [-0.25, -0.2) is 0 Å². The zero-order valence-electron chi connectivity index (χ0n) is 19.5. The Morgan fingerprint density at radius 3 is 2.34 bits per heavy atom. The number of nitrogens with zero attached hydrogens (tertiary/aromatic N) is 1. The van der Waals surface area contributed by atoms with Gasteiger partial charge < -0.3 is 24.4 Å². The largest absolute Gasteiger partial charge is 0.492 e. The van der Waals surface area contributed by atoms with Crippen LogP contribution in [-0.4, -0.2) is 45.4 Å². The normalized spacial score (nSPS) is 14.1. The number of rotatable bonds is 9. The van der Waals surface area contributed by atoms with E-state index in [4.69, 9.17) is 14.2 Å². The Labute approximate surface area is 191 Å². The van der Waals surface area contributed by atoms with E-state index in [9.17, 15) is 4.79 Å². The number of hydrogen-bond donors (Lipinski definition) is 1. The van der Waals surface area contributed by atoms with Crippen LogP contribution in [0.1, 0.15) is 44.7 Å². The van der Waals surface area contributed by atoms with Crippen molar-refractivity contribution in [1.29, 1.82) is 0 Å². The Morgan fingerprint density at radius 2 is 1.72 bits per heavy atom. The molecule has 1 aliphatic rings. The summed E-state index contributed by atoms with van der Waals surface area (Å²) in [7, 11) is 0. The van der Waals surface area contributed by atoms with Crippen molar-refractivity contribution in [3.8, 4) is 11.5 Å². The summed E-state index contributed by atoms with van der Waals surface area (Å²) < 4.78 is 17.2. The first-order chi connectivity index (χ1) is 15.5. The molecule has 0 saturated carbocycles. The number of nitrogens with one attached hydrogen (secondary N) is 1. The van der Waals surface area contributed by atoms with Crippen LogP contribution in [-0.2, 0) is 9.53 Å². The second-order valence-corrected chi connectivity index (χ2v) is 7.93. The third-order valence-electron chi connectivity index (χ3n) is 5.30. The predicted molar refractivity (Wildman–Crippen MR) is 130 cm³/mol. The van der Waals surface area contributed by atoms with E-state index in [0.717, 1.165) is 30.1 Å². The van der Waals surface area contributed by atoms with Crippen molar-refractivity contribution in [3.05, 3.63) is 53.6 Å². The Morgan fingerprint density at radius 1 is 1.06 bits per heavy atom. The molecular weight excluding hydrogens is 404 g/mol. The van der Waals surface area contributed by atoms with E-state index in [1.165, 1.54) is 11.6 Å². The van der Waals surface area contributed by atoms with Crippen molar-refractivity contribution in [3.63, 3.8) is 0 Å². The van der Waals surface area contributed by atoms with Crippen LogP contribution < -0.4 is 19.7 Å². The number of ether oxygens (including phenoxy) is 3. The van der Waals surface area contributed by atoms with Gasteiger partial charge in [0.25, 0.3) is 0 Å². The molecule has 32 heavy (non-hydrogen) atoms. The molecule has 2 aromatic carbocycles. The van der Waals surface area contributed by atoms with Gasteiger partial charge in [0.2, 0.25) is 5.91 Å². The van der Waals surface area contributed by atoms with E-state index in [-0.39, 0.29) is 5.91 Å². The van der Waals surface area contributed by atoms with E-state index in [2.05, 4.69) is 36.2 Å². The number of amides is 1. The minimum atomic E-state index is -0.222. The summed E-state index contributed by atoms with van der Waals surface area (Å²) in [5, 5.41) is 2.95. The molecule has 172 valence electrons. The molecule has 1 N–H and O–H groups in total. The molecule has 1 saturated heterocycles. The molecule has 0 aliphatic carbocycles. The SMILES string of the molecule is CCOc1cc(N2CCOCC2)c(OCC)cc1NC(=O)/C=C/c1ccc(C(C)C)cc1. The number of carbonyl (C=O) groups is 1. The van der Waals surface area contributed by atoms with Crippen molar-refractivity contribution in [2.45, 2.75) is 33.6 Å². The van der Waals surface area contributed by atoms with Gasteiger partial charge in [0, 0.05) is 31.3 Å². The van der Waals surface area contributed by atoms with Crippen molar-refractivity contribution < 1.29 is 19.0 Å². The zero-order valence-corrected chi connectivity index (χ0v) is 19.5. The number of benzene rings is 2. The lowest BCUT2D eigenvalue weighted by Crippen LogP contribution is -2.36. The van der Waals surface area contributed by atoms with E-state index in [1.807, 2.05) is 44.2 Å². The summed E-state index contributed by atoms with van der Waals surface area (Å²) in [5.41, 5.74) is 3.80. The van der Waals surface area contributed by atoms with Crippen LogP contribution in [0, 0.1) is 0 Å². The van der Waals surface area contributed by atoms with E-state index in [0.29, 0.717) is 43.8 Å². The highest BCUT2D eigenvalue weighted by Gasteiger charge is 2.20. The van der Waals surface area contributed by atoms with Crippen LogP contribution >= 0.6 is 0 Å². The molecule has 0 aromatic heterocycles. The number of morpholine rings is 1. The molecule has 1 aliphatic heterocycles. The van der Waals surface area contributed by atoms with Crippen LogP contribution in [0.25, 0.3) is 6.08 Å². The van der Waals surface area contributed by atoms with Gasteiger partial charge in [-0.3, -0.25) is 4.79 Å². The van der Waals surface area contributed by atoms with Gasteiger partial charge in [0.1, 0.15) is 11.5 Å². The standard InChI is InChI=1S/C26H34N2O4/c1-5-31-24-18-23(28-13-15-30-16-14-28)25(32-6-2)17-22(24)27-26(29)12-9-20-7-10-21(11-8-20)19(3)4/h7-12,17-19H,5-6,13-16H2,1-4H3,(H,27,29)/b12-9+. The first kappa shape index (κ1) is 23.7. The van der Waals surface area contributed by atoms with Gasteiger partial charge in [-0.05, 0) is 37.0 Å². The van der Waals surface area contributed by atoms with Crippen LogP contribution in [0.3, 0.4) is 0 Å². The predicted octanol–water partition coefficient (Wildman–Crippen LogP) is 5.10. The first-order valence-corrected chi connectivity index (χ1v) is 11.4. The van der Waals surface area contributed by atoms with Gasteiger partial charge >= 0.3 is 0 Å². The molecule has 2 aromatic rings. The molecular formula is C26H34N2O4. The molecule has 3 rings (SSSR count). The highest BCUT2D eigenvalue weighted by atomic mass is 16.5. The van der Waals surface area contributed by atoms with Crippen molar-refractivity contribution in [2.24, 2.45) is 0 Å². The van der Waals surface area contributed by atoms with E-state index in [1.54, 1.807) is 0 Å². The molecule has 1 heterocycles. The topological polar surface area (TPSA) is 60.0 Å². The molecule has 0 atom stereocenters. The minimum Gasteiger partial charge on any atom is -0.492 e. The molecule has 6 nitrogen and oxygen atoms in total. The average Bonchev–Trinajstić information content (AvgIpc) is 2.80. The van der Waals surface area contributed by atoms with Crippen LogP contribution in [0.15, 0.2) is 42.5 Å². The van der Waals surface area contributed by atoms with Crippen molar-refractivity contribution in [1.82, 2.24) is 0 Å². The van der Waals surface area contributed by atoms with Gasteiger partial charge in [-0.1, -0.05) is 38.1 Å². The molecule has 0 bridgehead atoms. The fourth-order valence-electron chi connectivity index (χ4n) is 3.58. The van der Waals surface area contributed by atoms with E-state index < -0.39 is 0 Å². The maximum atomic E-state index is 12.7. The third-order valence-corrected chi connectivity index (χ3v) is 5.30. The Hall–Kier alpha value is -2.99. The Balaban J connectivity index is 1.80. The Kier molecular flexibility index (Phi) is 8.56. The maximum Gasteiger partial charge on any atom is 0.248 e. The average molecular weight is 439 g/mol. The second kappa shape index (κ2) is 11.6. The summed E-state index contributed by atoms with van der Waals surface area (Å²) >= 11 is 0. The summed E-state index contributed by atoms with van der Waals surface area (Å²) in [6, 6.07) is 12.0. The molecule has 6 heteroatoms. The smallest absolute Gasteiger partial charge is 0.248 e. The number of hydrogen-bond acceptors (Lipinski definition) is 5. The highest BCUT2D eigenvalue weighted by Crippen LogP contribution is 2.39. The summed E-state index contributed by atoms with van der Waals surface area (Å²) in [6.07, 6.45) is 3.35. The third kappa shape index (κ3) is 6.26. The zero-order chi connectivity index (χ0) is 22.9. The second-order valence-electron chi connectivity index (χ2n) is 7.93. The lowest BCUT2D eigenvalue weighted by Gasteiger charge is -2.31. The Bertz CT molecular complexity index is 916. The number of anilines is 2.